The van der Waals surface area contributed by atoms with Crippen LogP contribution in [0.5, 0.6) is 11.8 Å². The summed E-state index contributed by atoms with van der Waals surface area (Å²) in [6.45, 7) is 10.9. The van der Waals surface area contributed by atoms with Crippen LogP contribution in [0.1, 0.15) is 69.4 Å². The molecule has 5 fully saturated rings. The zero-order valence-electron chi connectivity index (χ0n) is 29.4. The maximum atomic E-state index is 17.5. The molecule has 2 atom stereocenters. The zero-order valence-corrected chi connectivity index (χ0v) is 29.4. The summed E-state index contributed by atoms with van der Waals surface area (Å²) in [6, 6.07) is 8.66. The minimum atomic E-state index is -0.576. The van der Waals surface area contributed by atoms with E-state index in [0.717, 1.165) is 84.5 Å². The topological polar surface area (TPSA) is 83.0 Å². The average molecular weight is 694 g/mol. The highest BCUT2D eigenvalue weighted by Gasteiger charge is 2.51. The molecule has 1 aliphatic carbocycles. The van der Waals surface area contributed by atoms with Gasteiger partial charge in [-0.2, -0.15) is 9.97 Å². The summed E-state index contributed by atoms with van der Waals surface area (Å²) < 4.78 is 44.8. The Balaban J connectivity index is 1.13. The molecule has 0 amide bonds. The standard InChI is InChI=1S/C41H45F2N5O3/c1-4-29-33(42)8-5-25-15-28(49)16-31(34(25)29)35-30(24(2)3)17-32-37(36(35)43)45-39(46-38(32)48-18-26-6-7-27(19-48)44-26)51-23-41(9-10-41)22-47-20-40(21-47)11-13-50-14-12-40/h1,5,8,15-17,24,26-27,44,49H,6-7,9-14,18-23H2,2-3H3. The Hall–Kier alpha value is -4.04. The fraction of sp³-hybridized carbons (Fsp3) is 0.512. The summed E-state index contributed by atoms with van der Waals surface area (Å²) in [5.74, 6) is 1.82. The van der Waals surface area contributed by atoms with Crippen LogP contribution in [0.4, 0.5) is 14.6 Å². The first kappa shape index (κ1) is 32.8. The normalized spacial score (nSPS) is 23.6. The van der Waals surface area contributed by atoms with Crippen molar-refractivity contribution in [3.05, 3.63) is 53.1 Å². The number of phenolic OH excluding ortho intramolecular Hbond substituents is 1. The van der Waals surface area contributed by atoms with Crippen LogP contribution in [0.2, 0.25) is 0 Å². The van der Waals surface area contributed by atoms with Gasteiger partial charge in [-0.15, -0.1) is 6.42 Å². The minimum absolute atomic E-state index is 0.0278. The molecule has 4 aliphatic heterocycles. The number of likely N-dealkylation sites (tertiary alicyclic amines) is 1. The molecule has 2 N–H and O–H groups in total. The summed E-state index contributed by atoms with van der Waals surface area (Å²) in [4.78, 5) is 14.6. The number of aromatic hydroxyl groups is 1. The van der Waals surface area contributed by atoms with E-state index < -0.39 is 11.6 Å². The van der Waals surface area contributed by atoms with E-state index in [4.69, 9.17) is 25.9 Å². The lowest BCUT2D eigenvalue weighted by Crippen LogP contribution is -2.59. The van der Waals surface area contributed by atoms with E-state index in [1.165, 1.54) is 18.2 Å². The highest BCUT2D eigenvalue weighted by molar-refractivity contribution is 6.05. The average Bonchev–Trinajstić information content (AvgIpc) is 3.80. The van der Waals surface area contributed by atoms with Crippen LogP contribution < -0.4 is 15.0 Å². The molecule has 8 nitrogen and oxygen atoms in total. The van der Waals surface area contributed by atoms with Crippen molar-refractivity contribution in [2.75, 3.05) is 57.4 Å². The molecule has 2 unspecified atom stereocenters. The van der Waals surface area contributed by atoms with E-state index in [9.17, 15) is 5.11 Å². The van der Waals surface area contributed by atoms with Crippen molar-refractivity contribution in [2.24, 2.45) is 10.8 Å². The first-order valence-corrected chi connectivity index (χ1v) is 18.5. The SMILES string of the molecule is C#Cc1c(F)ccc2cc(O)cc(-c3c(C(C)C)cc4c(N5CC6CCC(C5)N6)nc(OCC5(CN6CC7(CCOCC7)C6)CC5)nc4c3F)c12. The number of halogens is 2. The fourth-order valence-corrected chi connectivity index (χ4v) is 9.33. The molecular weight excluding hydrogens is 648 g/mol. The van der Waals surface area contributed by atoms with E-state index in [1.807, 2.05) is 19.9 Å². The Labute approximate surface area is 297 Å². The molecular formula is C41H45F2N5O3. The predicted octanol–water partition coefficient (Wildman–Crippen LogP) is 6.75. The summed E-state index contributed by atoms with van der Waals surface area (Å²) in [6.07, 6.45) is 12.4. The third-order valence-electron chi connectivity index (χ3n) is 12.2. The number of ether oxygens (including phenoxy) is 2. The summed E-state index contributed by atoms with van der Waals surface area (Å²) in [5.41, 5.74) is 1.90. The second-order valence-electron chi connectivity index (χ2n) is 16.3. The van der Waals surface area contributed by atoms with Crippen molar-refractivity contribution in [3.8, 4) is 35.2 Å². The molecule has 5 heterocycles. The smallest absolute Gasteiger partial charge is 0.319 e. The van der Waals surface area contributed by atoms with Gasteiger partial charge in [0.1, 0.15) is 22.9 Å². The van der Waals surface area contributed by atoms with Crippen molar-refractivity contribution < 1.29 is 23.4 Å². The van der Waals surface area contributed by atoms with Gasteiger partial charge < -0.3 is 29.7 Å². The molecule has 51 heavy (non-hydrogen) atoms. The zero-order chi connectivity index (χ0) is 35.1. The number of hydrogen-bond acceptors (Lipinski definition) is 8. The molecule has 9 rings (SSSR count). The molecule has 4 saturated heterocycles. The first-order valence-electron chi connectivity index (χ1n) is 18.5. The number of nitrogens with one attached hydrogen (secondary N) is 1. The van der Waals surface area contributed by atoms with Gasteiger partial charge in [0.05, 0.1) is 12.2 Å². The van der Waals surface area contributed by atoms with Gasteiger partial charge >= 0.3 is 6.01 Å². The molecule has 2 bridgehead atoms. The van der Waals surface area contributed by atoms with Crippen molar-refractivity contribution in [2.45, 2.75) is 70.4 Å². The Bertz CT molecular complexity index is 2070. The Morgan fingerprint density at radius 3 is 2.49 bits per heavy atom. The minimum Gasteiger partial charge on any atom is -0.508 e. The van der Waals surface area contributed by atoms with Gasteiger partial charge in [0, 0.05) is 85.2 Å². The second kappa shape index (κ2) is 12.3. The van der Waals surface area contributed by atoms with Crippen LogP contribution in [-0.2, 0) is 4.74 Å². The van der Waals surface area contributed by atoms with Gasteiger partial charge in [-0.25, -0.2) is 8.78 Å². The highest BCUT2D eigenvalue weighted by atomic mass is 19.1. The predicted molar refractivity (Wildman–Crippen MR) is 194 cm³/mol. The molecule has 0 radical (unpaired) electrons. The maximum absolute atomic E-state index is 17.5. The van der Waals surface area contributed by atoms with Crippen LogP contribution in [0.3, 0.4) is 0 Å². The van der Waals surface area contributed by atoms with Gasteiger partial charge in [0.15, 0.2) is 5.82 Å². The number of fused-ring (bicyclic) bond motifs is 4. The molecule has 3 aromatic carbocycles. The molecule has 4 aromatic rings. The van der Waals surface area contributed by atoms with Gasteiger partial charge in [0.25, 0.3) is 0 Å². The maximum Gasteiger partial charge on any atom is 0.319 e. The molecule has 1 saturated carbocycles. The highest BCUT2D eigenvalue weighted by Crippen LogP contribution is 2.50. The third kappa shape index (κ3) is 5.78. The molecule has 266 valence electrons. The Kier molecular flexibility index (Phi) is 7.91. The number of rotatable bonds is 8. The number of nitrogens with zero attached hydrogens (tertiary/aromatic N) is 4. The van der Waals surface area contributed by atoms with Gasteiger partial charge in [0.2, 0.25) is 0 Å². The van der Waals surface area contributed by atoms with Crippen LogP contribution in [-0.4, -0.2) is 84.6 Å². The molecule has 5 aliphatic rings. The quantitative estimate of drug-likeness (QED) is 0.196. The van der Waals surface area contributed by atoms with E-state index >= 15 is 8.78 Å². The van der Waals surface area contributed by atoms with Crippen molar-refractivity contribution in [3.63, 3.8) is 0 Å². The number of terminal acetylenes is 1. The van der Waals surface area contributed by atoms with Crippen LogP contribution in [0.15, 0.2) is 30.3 Å². The fourth-order valence-electron chi connectivity index (χ4n) is 9.33. The third-order valence-corrected chi connectivity index (χ3v) is 12.2. The monoisotopic (exact) mass is 693 g/mol. The first-order chi connectivity index (χ1) is 24.6. The Morgan fingerprint density at radius 1 is 1.06 bits per heavy atom. The van der Waals surface area contributed by atoms with E-state index in [2.05, 4.69) is 21.0 Å². The number of anilines is 1. The van der Waals surface area contributed by atoms with Crippen molar-refractivity contribution >= 4 is 27.5 Å². The molecule has 1 aromatic heterocycles. The second-order valence-corrected chi connectivity index (χ2v) is 16.3. The Morgan fingerprint density at radius 2 is 1.80 bits per heavy atom. The van der Waals surface area contributed by atoms with Crippen LogP contribution >= 0.6 is 0 Å². The largest absolute Gasteiger partial charge is 0.508 e. The van der Waals surface area contributed by atoms with Gasteiger partial charge in [-0.05, 0) is 85.2 Å². The van der Waals surface area contributed by atoms with Gasteiger partial charge in [-0.1, -0.05) is 25.8 Å². The van der Waals surface area contributed by atoms with Crippen molar-refractivity contribution in [1.82, 2.24) is 20.2 Å². The van der Waals surface area contributed by atoms with Crippen LogP contribution in [0.25, 0.3) is 32.8 Å². The van der Waals surface area contributed by atoms with E-state index in [0.29, 0.717) is 57.2 Å². The van der Waals surface area contributed by atoms with Crippen LogP contribution in [0, 0.1) is 34.8 Å². The lowest BCUT2D eigenvalue weighted by molar-refractivity contribution is -0.0884. The number of hydrogen-bond donors (Lipinski definition) is 2. The number of piperazine rings is 1. The number of phenols is 1. The lowest BCUT2D eigenvalue weighted by atomic mass is 9.73. The summed E-state index contributed by atoms with van der Waals surface area (Å²) in [5, 5.41) is 16.0. The number of benzene rings is 3. The van der Waals surface area contributed by atoms with Gasteiger partial charge in [-0.3, -0.25) is 0 Å². The van der Waals surface area contributed by atoms with E-state index in [1.54, 1.807) is 6.07 Å². The lowest BCUT2D eigenvalue weighted by Gasteiger charge is -2.53. The molecule has 10 heteroatoms. The van der Waals surface area contributed by atoms with E-state index in [-0.39, 0.29) is 39.7 Å². The van der Waals surface area contributed by atoms with Crippen molar-refractivity contribution in [1.29, 1.82) is 0 Å². The number of aromatic nitrogens is 2. The summed E-state index contributed by atoms with van der Waals surface area (Å²) >= 11 is 0. The molecule has 1 spiro atoms. The summed E-state index contributed by atoms with van der Waals surface area (Å²) in [7, 11) is 0.